The van der Waals surface area contributed by atoms with Crippen LogP contribution in [0.5, 0.6) is 0 Å². The van der Waals surface area contributed by atoms with Crippen LogP contribution in [0.2, 0.25) is 0 Å². The van der Waals surface area contributed by atoms with E-state index in [1.165, 1.54) is 57.4 Å². The molecule has 21 heavy (non-hydrogen) atoms. The van der Waals surface area contributed by atoms with E-state index >= 15 is 0 Å². The summed E-state index contributed by atoms with van der Waals surface area (Å²) >= 11 is 0. The molecule has 124 valence electrons. The predicted molar refractivity (Wildman–Crippen MR) is 90.2 cm³/mol. The fourth-order valence-electron chi connectivity index (χ4n) is 2.41. The highest BCUT2D eigenvalue weighted by atomic mass is 16.5. The van der Waals surface area contributed by atoms with E-state index in [4.69, 9.17) is 4.74 Å². The zero-order valence-electron chi connectivity index (χ0n) is 14.7. The lowest BCUT2D eigenvalue weighted by Crippen LogP contribution is -2.49. The topological polar surface area (TPSA) is 26.3 Å². The molecule has 0 aliphatic rings. The predicted octanol–water partition coefficient (Wildman–Crippen LogP) is 4.32. The quantitative estimate of drug-likeness (QED) is 0.219. The summed E-state index contributed by atoms with van der Waals surface area (Å²) < 4.78 is 5.99. The first kappa shape index (κ1) is 20.2. The number of unbranched alkanes of at least 4 members (excludes halogenated alkanes) is 6. The molecule has 0 N–H and O–H groups in total. The maximum absolute atomic E-state index is 11.0. The van der Waals surface area contributed by atoms with Gasteiger partial charge in [-0.05, 0) is 19.8 Å². The van der Waals surface area contributed by atoms with Gasteiger partial charge in [-0.3, -0.25) is 0 Å². The molecular weight excluding hydrogens is 262 g/mol. The molecule has 3 heteroatoms. The molecule has 0 heterocycles. The highest BCUT2D eigenvalue weighted by molar-refractivity contribution is 5.81. The Balaban J connectivity index is 3.73. The van der Waals surface area contributed by atoms with E-state index in [9.17, 15) is 4.79 Å². The van der Waals surface area contributed by atoms with Gasteiger partial charge in [-0.1, -0.05) is 52.0 Å². The Morgan fingerprint density at radius 2 is 1.71 bits per heavy atom. The normalized spacial score (nSPS) is 13.0. The Labute approximate surface area is 131 Å². The van der Waals surface area contributed by atoms with Gasteiger partial charge in [0.2, 0.25) is 0 Å². The molecule has 0 spiro atoms. The van der Waals surface area contributed by atoms with Gasteiger partial charge in [-0.25, -0.2) is 4.79 Å². The average Bonchev–Trinajstić information content (AvgIpc) is 2.45. The van der Waals surface area contributed by atoms with Crippen LogP contribution in [0.3, 0.4) is 0 Å². The van der Waals surface area contributed by atoms with E-state index in [0.717, 1.165) is 11.0 Å². The van der Waals surface area contributed by atoms with Gasteiger partial charge >= 0.3 is 5.97 Å². The summed E-state index contributed by atoms with van der Waals surface area (Å²) in [6, 6.07) is 0.600. The summed E-state index contributed by atoms with van der Waals surface area (Å²) in [5.74, 6) is -0.324. The van der Waals surface area contributed by atoms with Gasteiger partial charge in [0.25, 0.3) is 0 Å². The molecule has 0 aromatic rings. The van der Waals surface area contributed by atoms with Crippen LogP contribution >= 0.6 is 0 Å². The monoisotopic (exact) mass is 298 g/mol. The largest absolute Gasteiger partial charge is 0.457 e. The van der Waals surface area contributed by atoms with Crippen molar-refractivity contribution in [3.05, 3.63) is 12.7 Å². The number of likely N-dealkylation sites (N-methyl/N-ethyl adjacent to an activating group) is 1. The Kier molecular flexibility index (Phi) is 11.3. The molecule has 0 aliphatic carbocycles. The Morgan fingerprint density at radius 1 is 1.14 bits per heavy atom. The number of nitrogens with zero attached hydrogens (tertiary/aromatic N) is 1. The molecule has 0 radical (unpaired) electrons. The van der Waals surface area contributed by atoms with Crippen molar-refractivity contribution in [2.24, 2.45) is 0 Å². The van der Waals surface area contributed by atoms with E-state index in [1.54, 1.807) is 0 Å². The number of rotatable bonds is 13. The fourth-order valence-corrected chi connectivity index (χ4v) is 2.41. The van der Waals surface area contributed by atoms with Gasteiger partial charge in [0.15, 0.2) is 0 Å². The third-order valence-corrected chi connectivity index (χ3v) is 4.50. The summed E-state index contributed by atoms with van der Waals surface area (Å²) in [4.78, 5) is 11.0. The second kappa shape index (κ2) is 11.8. The van der Waals surface area contributed by atoms with Crippen LogP contribution in [0.1, 0.15) is 65.2 Å². The molecule has 0 aromatic carbocycles. The number of hydrogen-bond donors (Lipinski definition) is 0. The van der Waals surface area contributed by atoms with Crippen molar-refractivity contribution in [3.8, 4) is 0 Å². The molecule has 0 bridgehead atoms. The Bertz CT molecular complexity index is 287. The van der Waals surface area contributed by atoms with Gasteiger partial charge in [0.05, 0.1) is 20.1 Å². The molecular formula is C18H36NO2+. The van der Waals surface area contributed by atoms with Crippen LogP contribution in [0, 0.1) is 0 Å². The molecule has 0 rings (SSSR count). The van der Waals surface area contributed by atoms with Crippen LogP contribution in [0.25, 0.3) is 0 Å². The number of quaternary nitrogens is 1. The SMILES string of the molecule is C=CC(=O)OCC[N+](C)(C)C(C)CCCCCCCCC. The second-order valence-electron chi connectivity index (χ2n) is 6.63. The van der Waals surface area contributed by atoms with Crippen LogP contribution in [-0.4, -0.2) is 43.7 Å². The van der Waals surface area contributed by atoms with E-state index in [2.05, 4.69) is 34.5 Å². The third-order valence-electron chi connectivity index (χ3n) is 4.50. The summed E-state index contributed by atoms with van der Waals surface area (Å²) in [6.45, 7) is 9.29. The van der Waals surface area contributed by atoms with E-state index in [0.29, 0.717) is 12.6 Å². The lowest BCUT2D eigenvalue weighted by molar-refractivity contribution is -0.913. The van der Waals surface area contributed by atoms with Crippen LogP contribution < -0.4 is 0 Å². The highest BCUT2D eigenvalue weighted by Gasteiger charge is 2.23. The van der Waals surface area contributed by atoms with Gasteiger partial charge in [-0.2, -0.15) is 0 Å². The van der Waals surface area contributed by atoms with Crippen molar-refractivity contribution in [2.75, 3.05) is 27.2 Å². The van der Waals surface area contributed by atoms with Crippen LogP contribution in [0.4, 0.5) is 0 Å². The maximum Gasteiger partial charge on any atom is 0.330 e. The van der Waals surface area contributed by atoms with E-state index in [1.807, 2.05) is 0 Å². The van der Waals surface area contributed by atoms with Gasteiger partial charge < -0.3 is 9.22 Å². The highest BCUT2D eigenvalue weighted by Crippen LogP contribution is 2.15. The minimum atomic E-state index is -0.324. The first-order valence-corrected chi connectivity index (χ1v) is 8.56. The van der Waals surface area contributed by atoms with Gasteiger partial charge in [0, 0.05) is 6.08 Å². The molecule has 0 fully saturated rings. The van der Waals surface area contributed by atoms with Crippen molar-refractivity contribution < 1.29 is 14.0 Å². The molecule has 0 aromatic heterocycles. The molecule has 0 saturated heterocycles. The molecule has 0 aliphatic heterocycles. The summed E-state index contributed by atoms with van der Waals surface area (Å²) in [5.41, 5.74) is 0. The maximum atomic E-state index is 11.0. The van der Waals surface area contributed by atoms with Crippen LogP contribution in [-0.2, 0) is 9.53 Å². The molecule has 1 atom stereocenters. The lowest BCUT2D eigenvalue weighted by Gasteiger charge is -2.36. The van der Waals surface area contributed by atoms with E-state index < -0.39 is 0 Å². The molecule has 0 amide bonds. The summed E-state index contributed by atoms with van der Waals surface area (Å²) in [7, 11) is 4.43. The van der Waals surface area contributed by atoms with Crippen molar-refractivity contribution in [2.45, 2.75) is 71.3 Å². The number of ether oxygens (including phenoxy) is 1. The van der Waals surface area contributed by atoms with E-state index in [-0.39, 0.29) is 5.97 Å². The zero-order chi connectivity index (χ0) is 16.1. The minimum Gasteiger partial charge on any atom is -0.457 e. The number of esters is 1. The van der Waals surface area contributed by atoms with Gasteiger partial charge in [0.1, 0.15) is 13.2 Å². The standard InChI is InChI=1S/C18H36NO2/c1-6-8-9-10-11-12-13-14-17(3)19(4,5)15-16-21-18(20)7-2/h7,17H,2,6,8-16H2,1,3-5H3/q+1. The third kappa shape index (κ3) is 10.5. The zero-order valence-corrected chi connectivity index (χ0v) is 14.7. The van der Waals surface area contributed by atoms with Crippen LogP contribution in [0.15, 0.2) is 12.7 Å². The van der Waals surface area contributed by atoms with Gasteiger partial charge in [-0.15, -0.1) is 0 Å². The Morgan fingerprint density at radius 3 is 2.29 bits per heavy atom. The smallest absolute Gasteiger partial charge is 0.330 e. The Hall–Kier alpha value is -0.830. The minimum absolute atomic E-state index is 0.324. The fraction of sp³-hybridized carbons (Fsp3) is 0.833. The molecule has 1 unspecified atom stereocenters. The van der Waals surface area contributed by atoms with Crippen molar-refractivity contribution in [3.63, 3.8) is 0 Å². The van der Waals surface area contributed by atoms with Crippen molar-refractivity contribution >= 4 is 5.97 Å². The second-order valence-corrected chi connectivity index (χ2v) is 6.63. The summed E-state index contributed by atoms with van der Waals surface area (Å²) in [6.07, 6.45) is 12.0. The lowest BCUT2D eigenvalue weighted by atomic mass is 10.0. The first-order valence-electron chi connectivity index (χ1n) is 8.56. The molecule has 0 saturated carbocycles. The average molecular weight is 298 g/mol. The van der Waals surface area contributed by atoms with Crippen molar-refractivity contribution in [1.82, 2.24) is 0 Å². The number of carbonyl (C=O) groups excluding carboxylic acids is 1. The van der Waals surface area contributed by atoms with Crippen molar-refractivity contribution in [1.29, 1.82) is 0 Å². The number of hydrogen-bond acceptors (Lipinski definition) is 2. The molecule has 3 nitrogen and oxygen atoms in total. The first-order chi connectivity index (χ1) is 9.94. The number of carbonyl (C=O) groups is 1. The summed E-state index contributed by atoms with van der Waals surface area (Å²) in [5, 5.41) is 0.